The Balaban J connectivity index is 2.24. The Morgan fingerprint density at radius 2 is 1.91 bits per heavy atom. The van der Waals surface area contributed by atoms with E-state index in [0.29, 0.717) is 33.9 Å². The van der Waals surface area contributed by atoms with Crippen molar-refractivity contribution in [1.82, 2.24) is 4.98 Å². The summed E-state index contributed by atoms with van der Waals surface area (Å²) in [5.74, 6) is 0.884. The number of hydrogen-bond acceptors (Lipinski definition) is 4. The fourth-order valence-electron chi connectivity index (χ4n) is 1.86. The van der Waals surface area contributed by atoms with Gasteiger partial charge in [0.1, 0.15) is 16.5 Å². The van der Waals surface area contributed by atoms with E-state index in [1.54, 1.807) is 30.3 Å². The molecule has 0 saturated carbocycles. The molecule has 6 heteroatoms. The molecule has 0 aliphatic carbocycles. The Morgan fingerprint density at radius 3 is 2.52 bits per heavy atom. The number of nitrogens with zero attached hydrogens (tertiary/aromatic N) is 1. The minimum absolute atomic E-state index is 0.209. The lowest BCUT2D eigenvalue weighted by molar-refractivity contribution is 0.103. The highest BCUT2D eigenvalue weighted by Gasteiger charge is 2.15. The van der Waals surface area contributed by atoms with Gasteiger partial charge in [-0.15, -0.1) is 0 Å². The van der Waals surface area contributed by atoms with Crippen molar-refractivity contribution in [3.63, 3.8) is 0 Å². The highest BCUT2D eigenvalue weighted by molar-refractivity contribution is 6.33. The number of benzene rings is 1. The fraction of sp³-hybridized carbons (Fsp3) is 0.294. The van der Waals surface area contributed by atoms with Crippen LogP contribution in [-0.2, 0) is 0 Å². The number of carbonyl (C=O) groups is 1. The number of halogens is 2. The molecule has 0 unspecified atom stereocenters. The van der Waals surface area contributed by atoms with Gasteiger partial charge in [0.05, 0.1) is 18.7 Å². The second-order valence-corrected chi connectivity index (χ2v) is 6.18. The van der Waals surface area contributed by atoms with E-state index in [1.165, 1.54) is 7.11 Å². The first-order valence-electron chi connectivity index (χ1n) is 7.10. The first-order chi connectivity index (χ1) is 10.9. The maximum atomic E-state index is 12.5. The Labute approximate surface area is 145 Å². The summed E-state index contributed by atoms with van der Waals surface area (Å²) in [7, 11) is 1.44. The van der Waals surface area contributed by atoms with Crippen LogP contribution in [0.3, 0.4) is 0 Å². The molecule has 0 radical (unpaired) electrons. The van der Waals surface area contributed by atoms with Gasteiger partial charge in [0.15, 0.2) is 0 Å². The van der Waals surface area contributed by atoms with Gasteiger partial charge < -0.3 is 9.47 Å². The summed E-state index contributed by atoms with van der Waals surface area (Å²) in [6, 6.07) is 8.03. The summed E-state index contributed by atoms with van der Waals surface area (Å²) in [6.07, 6.45) is 0. The van der Waals surface area contributed by atoms with Crippen molar-refractivity contribution in [2.45, 2.75) is 13.8 Å². The third-order valence-corrected chi connectivity index (χ3v) is 3.59. The number of aromatic nitrogens is 1. The van der Waals surface area contributed by atoms with Crippen LogP contribution in [0.15, 0.2) is 30.3 Å². The topological polar surface area (TPSA) is 48.4 Å². The minimum atomic E-state index is -0.266. The van der Waals surface area contributed by atoms with Crippen LogP contribution in [0.1, 0.15) is 29.9 Å². The largest absolute Gasteiger partial charge is 0.492 e. The van der Waals surface area contributed by atoms with Crippen molar-refractivity contribution >= 4 is 29.0 Å². The molecule has 0 spiro atoms. The van der Waals surface area contributed by atoms with Crippen LogP contribution in [0.25, 0.3) is 0 Å². The molecular weight excluding hydrogens is 337 g/mol. The monoisotopic (exact) mass is 353 g/mol. The molecule has 122 valence electrons. The zero-order chi connectivity index (χ0) is 17.0. The first kappa shape index (κ1) is 17.6. The van der Waals surface area contributed by atoms with Gasteiger partial charge in [-0.1, -0.05) is 37.0 Å². The van der Waals surface area contributed by atoms with Gasteiger partial charge >= 0.3 is 0 Å². The van der Waals surface area contributed by atoms with Crippen LogP contribution in [0.2, 0.25) is 10.0 Å². The number of hydrogen-bond donors (Lipinski definition) is 0. The van der Waals surface area contributed by atoms with Crippen molar-refractivity contribution in [3.05, 3.63) is 51.6 Å². The molecule has 1 heterocycles. The average molecular weight is 354 g/mol. The summed E-state index contributed by atoms with van der Waals surface area (Å²) in [4.78, 5) is 16.6. The van der Waals surface area contributed by atoms with Gasteiger partial charge in [0.25, 0.3) is 0 Å². The molecule has 1 aromatic heterocycles. The van der Waals surface area contributed by atoms with Crippen molar-refractivity contribution in [3.8, 4) is 11.6 Å². The summed E-state index contributed by atoms with van der Waals surface area (Å²) >= 11 is 12.1. The van der Waals surface area contributed by atoms with E-state index in [2.05, 4.69) is 4.98 Å². The number of rotatable bonds is 6. The summed E-state index contributed by atoms with van der Waals surface area (Å²) in [6.45, 7) is 4.65. The molecule has 0 atom stereocenters. The molecule has 0 fully saturated rings. The molecule has 4 nitrogen and oxygen atoms in total. The number of ketones is 1. The van der Waals surface area contributed by atoms with E-state index in [4.69, 9.17) is 32.7 Å². The van der Waals surface area contributed by atoms with Crippen LogP contribution in [0.4, 0.5) is 0 Å². The van der Waals surface area contributed by atoms with Crippen molar-refractivity contribution in [2.24, 2.45) is 5.92 Å². The Hall–Kier alpha value is -1.78. The van der Waals surface area contributed by atoms with Crippen LogP contribution in [0, 0.1) is 5.92 Å². The van der Waals surface area contributed by atoms with E-state index >= 15 is 0 Å². The number of pyridine rings is 1. The van der Waals surface area contributed by atoms with Crippen LogP contribution < -0.4 is 9.47 Å². The van der Waals surface area contributed by atoms with Crippen molar-refractivity contribution in [1.29, 1.82) is 0 Å². The van der Waals surface area contributed by atoms with E-state index in [9.17, 15) is 4.79 Å². The second kappa shape index (κ2) is 7.66. The molecule has 0 bridgehead atoms. The van der Waals surface area contributed by atoms with Gasteiger partial charge in [-0.25, -0.2) is 4.98 Å². The predicted molar refractivity (Wildman–Crippen MR) is 91.0 cm³/mol. The zero-order valence-corrected chi connectivity index (χ0v) is 14.6. The standard InChI is InChI=1S/C17H17Cl2NO3/c1-10(2)9-23-15-7-4-11(8-13(15)19)16(21)14-6-5-12(18)17(20-14)22-3/h4-8,10H,9H2,1-3H3. The molecule has 0 saturated heterocycles. The first-order valence-corrected chi connectivity index (χ1v) is 7.85. The SMILES string of the molecule is COc1nc(C(=O)c2ccc(OCC(C)C)c(Cl)c2)ccc1Cl. The van der Waals surface area contributed by atoms with E-state index in [0.717, 1.165) is 0 Å². The molecule has 0 N–H and O–H groups in total. The third kappa shape index (κ3) is 4.36. The van der Waals surface area contributed by atoms with Gasteiger partial charge in [0.2, 0.25) is 11.7 Å². The summed E-state index contributed by atoms with van der Waals surface area (Å²) in [5, 5.41) is 0.733. The van der Waals surface area contributed by atoms with E-state index in [-0.39, 0.29) is 17.4 Å². The average Bonchev–Trinajstić information content (AvgIpc) is 2.53. The zero-order valence-electron chi connectivity index (χ0n) is 13.1. The molecule has 0 amide bonds. The Morgan fingerprint density at radius 1 is 1.17 bits per heavy atom. The van der Waals surface area contributed by atoms with Crippen molar-refractivity contribution < 1.29 is 14.3 Å². The van der Waals surface area contributed by atoms with Crippen LogP contribution >= 0.6 is 23.2 Å². The minimum Gasteiger partial charge on any atom is -0.492 e. The van der Waals surface area contributed by atoms with Crippen LogP contribution in [-0.4, -0.2) is 24.5 Å². The number of carbonyl (C=O) groups excluding carboxylic acids is 1. The lowest BCUT2D eigenvalue weighted by Crippen LogP contribution is -2.07. The van der Waals surface area contributed by atoms with Crippen molar-refractivity contribution in [2.75, 3.05) is 13.7 Å². The van der Waals surface area contributed by atoms with E-state index < -0.39 is 0 Å². The normalized spacial score (nSPS) is 10.7. The Bertz CT molecular complexity index is 717. The molecule has 2 aromatic rings. The third-order valence-electron chi connectivity index (χ3n) is 3.01. The highest BCUT2D eigenvalue weighted by atomic mass is 35.5. The molecule has 0 aliphatic heterocycles. The second-order valence-electron chi connectivity index (χ2n) is 5.37. The quantitative estimate of drug-likeness (QED) is 0.708. The number of methoxy groups -OCH3 is 1. The maximum Gasteiger partial charge on any atom is 0.232 e. The summed E-state index contributed by atoms with van der Waals surface area (Å²) in [5.41, 5.74) is 0.655. The molecule has 2 rings (SSSR count). The van der Waals surface area contributed by atoms with Gasteiger partial charge in [-0.05, 0) is 36.2 Å². The van der Waals surface area contributed by atoms with E-state index in [1.807, 2.05) is 13.8 Å². The lowest BCUT2D eigenvalue weighted by atomic mass is 10.1. The van der Waals surface area contributed by atoms with Gasteiger partial charge in [-0.2, -0.15) is 0 Å². The molecule has 1 aromatic carbocycles. The lowest BCUT2D eigenvalue weighted by Gasteiger charge is -2.11. The number of ether oxygens (including phenoxy) is 2. The van der Waals surface area contributed by atoms with Crippen LogP contribution in [0.5, 0.6) is 11.6 Å². The summed E-state index contributed by atoms with van der Waals surface area (Å²) < 4.78 is 10.6. The highest BCUT2D eigenvalue weighted by Crippen LogP contribution is 2.28. The predicted octanol–water partition coefficient (Wildman–Crippen LogP) is 4.66. The van der Waals surface area contributed by atoms with Gasteiger partial charge in [0, 0.05) is 5.56 Å². The molecular formula is C17H17Cl2NO3. The smallest absolute Gasteiger partial charge is 0.232 e. The maximum absolute atomic E-state index is 12.5. The molecule has 0 aliphatic rings. The Kier molecular flexibility index (Phi) is 5.85. The fourth-order valence-corrected chi connectivity index (χ4v) is 2.27. The molecule has 23 heavy (non-hydrogen) atoms. The van der Waals surface area contributed by atoms with Gasteiger partial charge in [-0.3, -0.25) is 4.79 Å².